The van der Waals surface area contributed by atoms with Crippen LogP contribution in [0.2, 0.25) is 0 Å². The molecule has 0 amide bonds. The minimum Gasteiger partial charge on any atom is -0.394 e. The van der Waals surface area contributed by atoms with Crippen molar-refractivity contribution in [3.63, 3.8) is 0 Å². The lowest BCUT2D eigenvalue weighted by molar-refractivity contribution is -0.119. The van der Waals surface area contributed by atoms with Crippen LogP contribution in [0.15, 0.2) is 52.2 Å². The Morgan fingerprint density at radius 2 is 2.00 bits per heavy atom. The monoisotopic (exact) mass is 318 g/mol. The molecule has 1 aliphatic heterocycles. The molecule has 23 heavy (non-hydrogen) atoms. The molecule has 7 heteroatoms. The number of ether oxygens (including phenoxy) is 1. The van der Waals surface area contributed by atoms with Crippen molar-refractivity contribution in [1.29, 1.82) is 0 Å². The van der Waals surface area contributed by atoms with Gasteiger partial charge < -0.3 is 14.9 Å². The number of benzene rings is 1. The standard InChI is InChI=1S/C16H18N2O5/c19-10-13-12(20)9-16(23-13,8-11-4-2-1-3-5-11)18-7-6-14(21)17-15(18)22/h1-7,12-13,19-20H,8-10H2,(H,17,21,22)/t12-,13+,16+/m0/s1. The van der Waals surface area contributed by atoms with Crippen LogP contribution in [0.5, 0.6) is 0 Å². The molecule has 1 aliphatic rings. The van der Waals surface area contributed by atoms with Crippen LogP contribution in [0.25, 0.3) is 0 Å². The summed E-state index contributed by atoms with van der Waals surface area (Å²) in [7, 11) is 0. The SMILES string of the molecule is O=c1ccn([C@@]2(Cc3ccccc3)C[C@H](O)[C@@H](CO)O2)c(=O)[nH]1. The highest BCUT2D eigenvalue weighted by atomic mass is 16.6. The molecule has 3 atom stereocenters. The first-order chi connectivity index (χ1) is 11.0. The smallest absolute Gasteiger partial charge is 0.330 e. The first-order valence-corrected chi connectivity index (χ1v) is 7.37. The molecule has 1 aromatic heterocycles. The van der Waals surface area contributed by atoms with E-state index in [1.165, 1.54) is 16.8 Å². The van der Waals surface area contributed by atoms with E-state index in [4.69, 9.17) is 4.74 Å². The normalized spacial score (nSPS) is 27.2. The van der Waals surface area contributed by atoms with Crippen LogP contribution in [0.4, 0.5) is 0 Å². The van der Waals surface area contributed by atoms with Gasteiger partial charge >= 0.3 is 5.69 Å². The third-order valence-electron chi connectivity index (χ3n) is 4.09. The predicted molar refractivity (Wildman–Crippen MR) is 82.0 cm³/mol. The summed E-state index contributed by atoms with van der Waals surface area (Å²) < 4.78 is 7.14. The van der Waals surface area contributed by atoms with Crippen molar-refractivity contribution in [3.05, 3.63) is 69.0 Å². The van der Waals surface area contributed by atoms with E-state index in [0.29, 0.717) is 6.42 Å². The van der Waals surface area contributed by atoms with Crippen molar-refractivity contribution < 1.29 is 14.9 Å². The van der Waals surface area contributed by atoms with Crippen molar-refractivity contribution in [2.45, 2.75) is 30.8 Å². The zero-order valence-electron chi connectivity index (χ0n) is 12.4. The fourth-order valence-electron chi connectivity index (χ4n) is 3.03. The Bertz CT molecular complexity index is 785. The minimum absolute atomic E-state index is 0.138. The van der Waals surface area contributed by atoms with Crippen LogP contribution in [0, 0.1) is 0 Å². The fourth-order valence-corrected chi connectivity index (χ4v) is 3.03. The number of nitrogens with zero attached hydrogens (tertiary/aromatic N) is 1. The van der Waals surface area contributed by atoms with Gasteiger partial charge in [0.25, 0.3) is 5.56 Å². The van der Waals surface area contributed by atoms with E-state index < -0.39 is 29.2 Å². The Hall–Kier alpha value is -2.22. The van der Waals surface area contributed by atoms with Crippen LogP contribution < -0.4 is 11.2 Å². The second kappa shape index (κ2) is 6.11. The maximum absolute atomic E-state index is 12.2. The summed E-state index contributed by atoms with van der Waals surface area (Å²) in [5.74, 6) is 0. The summed E-state index contributed by atoms with van der Waals surface area (Å²) in [4.78, 5) is 25.7. The summed E-state index contributed by atoms with van der Waals surface area (Å²) in [6.07, 6.45) is 0.142. The molecular weight excluding hydrogens is 300 g/mol. The summed E-state index contributed by atoms with van der Waals surface area (Å²) in [6.45, 7) is -0.351. The van der Waals surface area contributed by atoms with E-state index in [1.807, 2.05) is 30.3 Å². The fraction of sp³-hybridized carbons (Fsp3) is 0.375. The van der Waals surface area contributed by atoms with Gasteiger partial charge in [0, 0.05) is 25.1 Å². The van der Waals surface area contributed by atoms with E-state index in [-0.39, 0.29) is 13.0 Å². The van der Waals surface area contributed by atoms with Crippen molar-refractivity contribution >= 4 is 0 Å². The maximum Gasteiger partial charge on any atom is 0.330 e. The summed E-state index contributed by atoms with van der Waals surface area (Å²) >= 11 is 0. The van der Waals surface area contributed by atoms with Gasteiger partial charge in [-0.05, 0) is 5.56 Å². The van der Waals surface area contributed by atoms with E-state index in [2.05, 4.69) is 4.98 Å². The van der Waals surface area contributed by atoms with Gasteiger partial charge in [0.15, 0.2) is 5.72 Å². The average Bonchev–Trinajstić information content (AvgIpc) is 2.84. The minimum atomic E-state index is -1.16. The lowest BCUT2D eigenvalue weighted by Gasteiger charge is -2.31. The number of H-pyrrole nitrogens is 1. The van der Waals surface area contributed by atoms with Crippen LogP contribution in [-0.2, 0) is 16.9 Å². The maximum atomic E-state index is 12.2. The van der Waals surface area contributed by atoms with Gasteiger partial charge in [0.1, 0.15) is 6.10 Å². The van der Waals surface area contributed by atoms with Crippen LogP contribution in [-0.4, -0.2) is 38.6 Å². The number of aromatic amines is 1. The molecule has 0 radical (unpaired) electrons. The van der Waals surface area contributed by atoms with Gasteiger partial charge in [0.05, 0.1) is 12.7 Å². The molecule has 1 fully saturated rings. The first kappa shape index (κ1) is 15.7. The Kier molecular flexibility index (Phi) is 4.16. The number of aliphatic hydroxyl groups is 2. The van der Waals surface area contributed by atoms with Gasteiger partial charge in [-0.1, -0.05) is 30.3 Å². The second-order valence-electron chi connectivity index (χ2n) is 5.70. The molecule has 0 saturated carbocycles. The highest BCUT2D eigenvalue weighted by Gasteiger charge is 2.47. The van der Waals surface area contributed by atoms with Gasteiger partial charge in [-0.15, -0.1) is 0 Å². The topological polar surface area (TPSA) is 105 Å². The van der Waals surface area contributed by atoms with Crippen LogP contribution in [0.3, 0.4) is 0 Å². The van der Waals surface area contributed by atoms with Gasteiger partial charge in [0.2, 0.25) is 0 Å². The molecule has 1 saturated heterocycles. The zero-order chi connectivity index (χ0) is 16.4. The highest BCUT2D eigenvalue weighted by Crippen LogP contribution is 2.37. The highest BCUT2D eigenvalue weighted by molar-refractivity contribution is 5.17. The van der Waals surface area contributed by atoms with Gasteiger partial charge in [-0.3, -0.25) is 14.3 Å². The molecular formula is C16H18N2O5. The Balaban J connectivity index is 2.07. The number of aromatic nitrogens is 2. The molecule has 2 heterocycles. The molecule has 2 aromatic rings. The summed E-state index contributed by atoms with van der Waals surface area (Å²) in [5, 5.41) is 19.5. The second-order valence-corrected chi connectivity index (χ2v) is 5.70. The van der Waals surface area contributed by atoms with Crippen LogP contribution >= 0.6 is 0 Å². The summed E-state index contributed by atoms with van der Waals surface area (Å²) in [6, 6.07) is 10.6. The van der Waals surface area contributed by atoms with E-state index in [0.717, 1.165) is 5.56 Å². The number of nitrogens with one attached hydrogen (secondary N) is 1. The van der Waals surface area contributed by atoms with Crippen molar-refractivity contribution in [3.8, 4) is 0 Å². The van der Waals surface area contributed by atoms with Crippen LogP contribution in [0.1, 0.15) is 12.0 Å². The lowest BCUT2D eigenvalue weighted by Crippen LogP contribution is -2.45. The molecule has 0 spiro atoms. The molecule has 0 aliphatic carbocycles. The molecule has 0 bridgehead atoms. The van der Waals surface area contributed by atoms with E-state index in [1.54, 1.807) is 0 Å². The largest absolute Gasteiger partial charge is 0.394 e. The Morgan fingerprint density at radius 3 is 2.61 bits per heavy atom. The molecule has 1 aromatic carbocycles. The van der Waals surface area contributed by atoms with Gasteiger partial charge in [-0.25, -0.2) is 4.79 Å². The van der Waals surface area contributed by atoms with E-state index in [9.17, 15) is 19.8 Å². The van der Waals surface area contributed by atoms with Gasteiger partial charge in [-0.2, -0.15) is 0 Å². The summed E-state index contributed by atoms with van der Waals surface area (Å²) in [5.41, 5.74) is -1.36. The predicted octanol–water partition coefficient (Wildman–Crippen LogP) is -0.426. The van der Waals surface area contributed by atoms with Crippen molar-refractivity contribution in [1.82, 2.24) is 9.55 Å². The molecule has 3 N–H and O–H groups in total. The Labute approximate surface area is 131 Å². The number of hydrogen-bond acceptors (Lipinski definition) is 5. The first-order valence-electron chi connectivity index (χ1n) is 7.37. The Morgan fingerprint density at radius 1 is 1.26 bits per heavy atom. The third-order valence-corrected chi connectivity index (χ3v) is 4.09. The quantitative estimate of drug-likeness (QED) is 0.710. The van der Waals surface area contributed by atoms with Crippen molar-refractivity contribution in [2.75, 3.05) is 6.61 Å². The molecule has 7 nitrogen and oxygen atoms in total. The van der Waals surface area contributed by atoms with E-state index >= 15 is 0 Å². The molecule has 3 rings (SSSR count). The number of aliphatic hydroxyl groups excluding tert-OH is 2. The van der Waals surface area contributed by atoms with Crippen molar-refractivity contribution in [2.24, 2.45) is 0 Å². The number of hydrogen-bond donors (Lipinski definition) is 3. The average molecular weight is 318 g/mol. The lowest BCUT2D eigenvalue weighted by atomic mass is 9.97. The third kappa shape index (κ3) is 2.98. The zero-order valence-corrected chi connectivity index (χ0v) is 12.4. The molecule has 122 valence electrons. The number of rotatable bonds is 4. The molecule has 0 unspecified atom stereocenters.